The van der Waals surface area contributed by atoms with Gasteiger partial charge in [0, 0.05) is 11.5 Å². The Kier molecular flexibility index (Phi) is 3.97. The number of aliphatic hydroxyl groups excluding tert-OH is 1. The Hall–Kier alpha value is -1.62. The first-order chi connectivity index (χ1) is 9.63. The van der Waals surface area contributed by atoms with Gasteiger partial charge in [-0.15, -0.1) is 0 Å². The molecule has 2 unspecified atom stereocenters. The molecular formula is C16H22FNO3. The second-order valence-electron chi connectivity index (χ2n) is 6.67. The van der Waals surface area contributed by atoms with Crippen LogP contribution < -0.4 is 10.1 Å². The zero-order chi connectivity index (χ0) is 15.8. The van der Waals surface area contributed by atoms with Gasteiger partial charge in [-0.25, -0.2) is 4.39 Å². The van der Waals surface area contributed by atoms with Gasteiger partial charge in [0.15, 0.2) is 5.60 Å². The van der Waals surface area contributed by atoms with Gasteiger partial charge in [-0.1, -0.05) is 13.8 Å². The lowest BCUT2D eigenvalue weighted by Crippen LogP contribution is -2.64. The summed E-state index contributed by atoms with van der Waals surface area (Å²) in [7, 11) is 0. The van der Waals surface area contributed by atoms with Crippen molar-refractivity contribution in [3.63, 3.8) is 0 Å². The van der Waals surface area contributed by atoms with Gasteiger partial charge in [0.2, 0.25) is 0 Å². The summed E-state index contributed by atoms with van der Waals surface area (Å²) in [6.45, 7) is 7.15. The molecule has 0 bridgehead atoms. The number of halogens is 1. The number of rotatable bonds is 4. The summed E-state index contributed by atoms with van der Waals surface area (Å²) in [6, 6.07) is 5.47. The van der Waals surface area contributed by atoms with Gasteiger partial charge in [0.1, 0.15) is 11.6 Å². The van der Waals surface area contributed by atoms with Crippen LogP contribution in [0.1, 0.15) is 34.1 Å². The van der Waals surface area contributed by atoms with Gasteiger partial charge < -0.3 is 15.2 Å². The van der Waals surface area contributed by atoms with Crippen LogP contribution in [0.25, 0.3) is 0 Å². The van der Waals surface area contributed by atoms with Crippen molar-refractivity contribution in [3.05, 3.63) is 30.1 Å². The molecular weight excluding hydrogens is 273 g/mol. The third-order valence-electron chi connectivity index (χ3n) is 4.25. The quantitative estimate of drug-likeness (QED) is 0.896. The highest BCUT2D eigenvalue weighted by Crippen LogP contribution is 2.40. The molecule has 116 valence electrons. The molecule has 0 radical (unpaired) electrons. The molecule has 4 nitrogen and oxygen atoms in total. The Balaban J connectivity index is 1.99. The van der Waals surface area contributed by atoms with Crippen molar-refractivity contribution in [1.29, 1.82) is 0 Å². The fourth-order valence-electron chi connectivity index (χ4n) is 2.32. The lowest BCUT2D eigenvalue weighted by Gasteiger charge is -2.50. The van der Waals surface area contributed by atoms with Gasteiger partial charge in [-0.3, -0.25) is 4.79 Å². The molecule has 1 aliphatic rings. The smallest absolute Gasteiger partial charge is 0.263 e. The summed E-state index contributed by atoms with van der Waals surface area (Å²) >= 11 is 0. The van der Waals surface area contributed by atoms with Crippen LogP contribution in [-0.2, 0) is 4.79 Å². The number of carbonyl (C=O) groups excluding carboxylic acids is 1. The monoisotopic (exact) mass is 295 g/mol. The standard InChI is InChI=1S/C16H22FNO3/c1-15(2)12(9-13(15)19)18-14(20)16(3,4)21-11-7-5-10(17)6-8-11/h5-8,12-13,19H,9H2,1-4H3,(H,18,20). The maximum Gasteiger partial charge on any atom is 0.263 e. The van der Waals surface area contributed by atoms with E-state index in [4.69, 9.17) is 4.74 Å². The summed E-state index contributed by atoms with van der Waals surface area (Å²) < 4.78 is 18.5. The van der Waals surface area contributed by atoms with Crippen molar-refractivity contribution in [2.75, 3.05) is 0 Å². The van der Waals surface area contributed by atoms with E-state index in [2.05, 4.69) is 5.32 Å². The number of aliphatic hydroxyl groups is 1. The van der Waals surface area contributed by atoms with Gasteiger partial charge in [0.25, 0.3) is 5.91 Å². The van der Waals surface area contributed by atoms with Crippen LogP contribution in [-0.4, -0.2) is 28.8 Å². The first kappa shape index (κ1) is 15.8. The molecule has 1 aromatic carbocycles. The van der Waals surface area contributed by atoms with E-state index in [-0.39, 0.29) is 23.2 Å². The maximum atomic E-state index is 12.9. The summed E-state index contributed by atoms with van der Waals surface area (Å²) in [4.78, 5) is 12.3. The number of hydrogen-bond acceptors (Lipinski definition) is 3. The average Bonchev–Trinajstić information content (AvgIpc) is 2.40. The molecule has 0 aliphatic heterocycles. The fraction of sp³-hybridized carbons (Fsp3) is 0.562. The van der Waals surface area contributed by atoms with Crippen LogP contribution in [0.15, 0.2) is 24.3 Å². The van der Waals surface area contributed by atoms with E-state index in [0.717, 1.165) is 0 Å². The van der Waals surface area contributed by atoms with Crippen molar-refractivity contribution in [2.45, 2.75) is 51.9 Å². The third-order valence-corrected chi connectivity index (χ3v) is 4.25. The van der Waals surface area contributed by atoms with Gasteiger partial charge in [0.05, 0.1) is 6.10 Å². The molecule has 0 spiro atoms. The summed E-state index contributed by atoms with van der Waals surface area (Å²) in [5.74, 6) is -0.170. The van der Waals surface area contributed by atoms with E-state index < -0.39 is 11.7 Å². The SMILES string of the molecule is CC(C)(Oc1ccc(F)cc1)C(=O)NC1CC(O)C1(C)C. The van der Waals surface area contributed by atoms with Crippen molar-refractivity contribution in [2.24, 2.45) is 5.41 Å². The average molecular weight is 295 g/mol. The fourth-order valence-corrected chi connectivity index (χ4v) is 2.32. The molecule has 1 aliphatic carbocycles. The predicted octanol–water partition coefficient (Wildman–Crippen LogP) is 2.26. The minimum absolute atomic E-state index is 0.0731. The van der Waals surface area contributed by atoms with Crippen molar-refractivity contribution in [1.82, 2.24) is 5.32 Å². The van der Waals surface area contributed by atoms with E-state index in [0.29, 0.717) is 12.2 Å². The molecule has 5 heteroatoms. The second kappa shape index (κ2) is 5.30. The normalized spacial score (nSPS) is 24.1. The van der Waals surface area contributed by atoms with E-state index in [1.165, 1.54) is 24.3 Å². The predicted molar refractivity (Wildman–Crippen MR) is 77.4 cm³/mol. The van der Waals surface area contributed by atoms with E-state index in [1.807, 2.05) is 13.8 Å². The highest BCUT2D eigenvalue weighted by molar-refractivity contribution is 5.85. The van der Waals surface area contributed by atoms with Crippen LogP contribution in [0.2, 0.25) is 0 Å². The molecule has 1 aromatic rings. The molecule has 1 fully saturated rings. The van der Waals surface area contributed by atoms with Gasteiger partial charge in [-0.2, -0.15) is 0 Å². The van der Waals surface area contributed by atoms with Crippen molar-refractivity contribution < 1.29 is 19.0 Å². The number of ether oxygens (including phenoxy) is 1. The van der Waals surface area contributed by atoms with E-state index >= 15 is 0 Å². The summed E-state index contributed by atoms with van der Waals surface area (Å²) in [6.07, 6.45) is 0.148. The Morgan fingerprint density at radius 1 is 1.38 bits per heavy atom. The highest BCUT2D eigenvalue weighted by Gasteiger charge is 2.49. The first-order valence-corrected chi connectivity index (χ1v) is 7.06. The largest absolute Gasteiger partial charge is 0.478 e. The van der Waals surface area contributed by atoms with Crippen molar-refractivity contribution in [3.8, 4) is 5.75 Å². The molecule has 2 N–H and O–H groups in total. The Morgan fingerprint density at radius 3 is 2.43 bits per heavy atom. The van der Waals surface area contributed by atoms with Crippen LogP contribution in [0, 0.1) is 11.2 Å². The first-order valence-electron chi connectivity index (χ1n) is 7.06. The molecule has 21 heavy (non-hydrogen) atoms. The molecule has 0 aromatic heterocycles. The molecule has 2 rings (SSSR count). The second-order valence-corrected chi connectivity index (χ2v) is 6.67. The van der Waals surface area contributed by atoms with Crippen LogP contribution in [0.3, 0.4) is 0 Å². The van der Waals surface area contributed by atoms with Crippen molar-refractivity contribution >= 4 is 5.91 Å². The number of nitrogens with one attached hydrogen (secondary N) is 1. The minimum atomic E-state index is -1.07. The summed E-state index contributed by atoms with van der Waals surface area (Å²) in [5.41, 5.74) is -1.41. The Bertz CT molecular complexity index is 525. The highest BCUT2D eigenvalue weighted by atomic mass is 19.1. The Labute approximate surface area is 124 Å². The number of hydrogen-bond donors (Lipinski definition) is 2. The molecule has 1 saturated carbocycles. The van der Waals surface area contributed by atoms with Crippen LogP contribution in [0.5, 0.6) is 5.75 Å². The minimum Gasteiger partial charge on any atom is -0.478 e. The number of amides is 1. The lowest BCUT2D eigenvalue weighted by atomic mass is 9.64. The zero-order valence-electron chi connectivity index (χ0n) is 12.8. The van der Waals surface area contributed by atoms with E-state index in [1.54, 1.807) is 13.8 Å². The summed E-state index contributed by atoms with van der Waals surface area (Å²) in [5, 5.41) is 12.6. The Morgan fingerprint density at radius 2 is 1.95 bits per heavy atom. The number of carbonyl (C=O) groups is 1. The zero-order valence-corrected chi connectivity index (χ0v) is 12.8. The maximum absolute atomic E-state index is 12.9. The van der Waals surface area contributed by atoms with Crippen LogP contribution >= 0.6 is 0 Å². The topological polar surface area (TPSA) is 58.6 Å². The number of benzene rings is 1. The third kappa shape index (κ3) is 3.18. The lowest BCUT2D eigenvalue weighted by molar-refractivity contribution is -0.141. The molecule has 1 amide bonds. The molecule has 0 saturated heterocycles. The van der Waals surface area contributed by atoms with Gasteiger partial charge >= 0.3 is 0 Å². The van der Waals surface area contributed by atoms with Gasteiger partial charge in [-0.05, 0) is 44.5 Å². The van der Waals surface area contributed by atoms with E-state index in [9.17, 15) is 14.3 Å². The molecule has 0 heterocycles. The van der Waals surface area contributed by atoms with Crippen LogP contribution in [0.4, 0.5) is 4.39 Å². The molecule has 2 atom stereocenters.